The Morgan fingerprint density at radius 3 is 2.48 bits per heavy atom. The van der Waals surface area contributed by atoms with Crippen molar-refractivity contribution in [3.05, 3.63) is 78.4 Å². The van der Waals surface area contributed by atoms with E-state index in [9.17, 15) is 8.42 Å². The van der Waals surface area contributed by atoms with Gasteiger partial charge in [-0.3, -0.25) is 0 Å². The van der Waals surface area contributed by atoms with Gasteiger partial charge in [-0.2, -0.15) is 4.31 Å². The highest BCUT2D eigenvalue weighted by atomic mass is 32.2. The summed E-state index contributed by atoms with van der Waals surface area (Å²) in [5.74, 6) is 2.62. The van der Waals surface area contributed by atoms with Crippen LogP contribution in [-0.4, -0.2) is 56.2 Å². The van der Waals surface area contributed by atoms with Crippen LogP contribution in [0.4, 0.5) is 5.69 Å². The van der Waals surface area contributed by atoms with Crippen LogP contribution in [0, 0.1) is 0 Å². The molecule has 5 rings (SSSR count). The Morgan fingerprint density at radius 1 is 0.970 bits per heavy atom. The second-order valence-electron chi connectivity index (χ2n) is 8.07. The van der Waals surface area contributed by atoms with Gasteiger partial charge in [0.15, 0.2) is 17.2 Å². The van der Waals surface area contributed by atoms with Crippen LogP contribution in [0.1, 0.15) is 12.5 Å². The zero-order valence-electron chi connectivity index (χ0n) is 18.5. The Morgan fingerprint density at radius 2 is 1.73 bits per heavy atom. The van der Waals surface area contributed by atoms with Gasteiger partial charge in [0.1, 0.15) is 11.5 Å². The summed E-state index contributed by atoms with van der Waals surface area (Å²) < 4.78 is 39.8. The zero-order chi connectivity index (χ0) is 23.0. The summed E-state index contributed by atoms with van der Waals surface area (Å²) in [6.07, 6.45) is 0. The lowest BCUT2D eigenvalue weighted by atomic mass is 10.1. The number of piperazine rings is 1. The molecule has 0 amide bonds. The molecule has 0 bridgehead atoms. The van der Waals surface area contributed by atoms with Crippen LogP contribution >= 0.6 is 0 Å². The van der Waals surface area contributed by atoms with Gasteiger partial charge in [0, 0.05) is 25.7 Å². The Balaban J connectivity index is 1.51. The first-order valence-electron chi connectivity index (χ1n) is 10.8. The molecule has 1 fully saturated rings. The quantitative estimate of drug-likeness (QED) is 0.580. The van der Waals surface area contributed by atoms with E-state index in [0.29, 0.717) is 41.8 Å². The van der Waals surface area contributed by atoms with E-state index >= 15 is 0 Å². The van der Waals surface area contributed by atoms with Crippen LogP contribution in [-0.2, 0) is 10.0 Å². The molecule has 0 aromatic heterocycles. The van der Waals surface area contributed by atoms with Crippen molar-refractivity contribution in [2.24, 2.45) is 4.99 Å². The molecular weight excluding hydrogens is 438 g/mol. The van der Waals surface area contributed by atoms with E-state index in [1.54, 1.807) is 35.7 Å². The molecule has 0 N–H and O–H groups in total. The molecule has 170 valence electrons. The predicted molar refractivity (Wildman–Crippen MR) is 127 cm³/mol. The molecule has 8 heteroatoms. The molecule has 3 aromatic rings. The summed E-state index contributed by atoms with van der Waals surface area (Å²) in [5.41, 5.74) is 1.54. The van der Waals surface area contributed by atoms with Crippen LogP contribution in [0.2, 0.25) is 0 Å². The SMILES string of the molecule is COc1cccc2c1Oc1ccccc1N=C2N1CCN(S(=O)(=O)c2ccccc2)C(C)C1. The number of sulfonamides is 1. The van der Waals surface area contributed by atoms with E-state index in [2.05, 4.69) is 4.90 Å². The molecule has 2 aliphatic rings. The largest absolute Gasteiger partial charge is 0.493 e. The molecule has 2 aliphatic heterocycles. The topological polar surface area (TPSA) is 71.4 Å². The fourth-order valence-electron chi connectivity index (χ4n) is 4.34. The van der Waals surface area contributed by atoms with Crippen molar-refractivity contribution in [1.29, 1.82) is 0 Å². The standard InChI is InChI=1S/C25H25N3O4S/c1-18-17-27(15-16-28(18)33(29,30)19-9-4-3-5-10-19)25-20-11-8-14-23(31-2)24(20)32-22-13-7-6-12-21(22)26-25/h3-14,18H,15-17H2,1-2H3. The lowest BCUT2D eigenvalue weighted by Gasteiger charge is -2.40. The van der Waals surface area contributed by atoms with Crippen LogP contribution in [0.5, 0.6) is 17.2 Å². The second-order valence-corrected chi connectivity index (χ2v) is 9.96. The summed E-state index contributed by atoms with van der Waals surface area (Å²) >= 11 is 0. The second kappa shape index (κ2) is 8.53. The number of nitrogens with zero attached hydrogens (tertiary/aromatic N) is 3. The summed E-state index contributed by atoms with van der Waals surface area (Å²) in [6, 6.07) is 21.7. The number of fused-ring (bicyclic) bond motifs is 2. The lowest BCUT2D eigenvalue weighted by molar-refractivity contribution is 0.205. The summed E-state index contributed by atoms with van der Waals surface area (Å²) in [5, 5.41) is 0. The summed E-state index contributed by atoms with van der Waals surface area (Å²) in [4.78, 5) is 7.40. The summed E-state index contributed by atoms with van der Waals surface area (Å²) in [7, 11) is -1.96. The number of methoxy groups -OCH3 is 1. The first kappa shape index (κ1) is 21.5. The minimum absolute atomic E-state index is 0.236. The van der Waals surface area contributed by atoms with Gasteiger partial charge >= 0.3 is 0 Å². The van der Waals surface area contributed by atoms with E-state index in [1.165, 1.54) is 0 Å². The number of ether oxygens (including phenoxy) is 2. The van der Waals surface area contributed by atoms with Gasteiger partial charge in [-0.25, -0.2) is 13.4 Å². The number of rotatable bonds is 3. The van der Waals surface area contributed by atoms with Gasteiger partial charge in [-0.1, -0.05) is 36.4 Å². The van der Waals surface area contributed by atoms with Gasteiger partial charge in [-0.15, -0.1) is 0 Å². The highest BCUT2D eigenvalue weighted by molar-refractivity contribution is 7.89. The molecule has 7 nitrogen and oxygen atoms in total. The van der Waals surface area contributed by atoms with E-state index in [-0.39, 0.29) is 6.04 Å². The molecule has 0 radical (unpaired) electrons. The van der Waals surface area contributed by atoms with Crippen molar-refractivity contribution in [3.63, 3.8) is 0 Å². The van der Waals surface area contributed by atoms with Crippen molar-refractivity contribution in [2.75, 3.05) is 26.7 Å². The number of amidine groups is 1. The predicted octanol–water partition coefficient (Wildman–Crippen LogP) is 4.27. The highest BCUT2D eigenvalue weighted by Gasteiger charge is 2.36. The third-order valence-electron chi connectivity index (χ3n) is 5.96. The first-order valence-corrected chi connectivity index (χ1v) is 12.3. The van der Waals surface area contributed by atoms with Crippen molar-refractivity contribution in [2.45, 2.75) is 17.9 Å². The maximum absolute atomic E-state index is 13.2. The monoisotopic (exact) mass is 463 g/mol. The van der Waals surface area contributed by atoms with Crippen molar-refractivity contribution >= 4 is 21.5 Å². The third kappa shape index (κ3) is 3.85. The van der Waals surface area contributed by atoms with Crippen LogP contribution in [0.3, 0.4) is 0 Å². The maximum atomic E-state index is 13.2. The number of hydrogen-bond donors (Lipinski definition) is 0. The van der Waals surface area contributed by atoms with Gasteiger partial charge in [0.25, 0.3) is 0 Å². The number of benzene rings is 3. The Kier molecular flexibility index (Phi) is 5.55. The zero-order valence-corrected chi connectivity index (χ0v) is 19.3. The average molecular weight is 464 g/mol. The molecule has 1 unspecified atom stereocenters. The molecule has 1 saturated heterocycles. The van der Waals surface area contributed by atoms with E-state index < -0.39 is 10.0 Å². The van der Waals surface area contributed by atoms with Gasteiger partial charge in [0.05, 0.1) is 17.6 Å². The smallest absolute Gasteiger partial charge is 0.243 e. The van der Waals surface area contributed by atoms with Crippen LogP contribution in [0.15, 0.2) is 82.7 Å². The Labute approximate surface area is 193 Å². The number of hydrogen-bond acceptors (Lipinski definition) is 6. The van der Waals surface area contributed by atoms with Gasteiger partial charge in [-0.05, 0) is 43.3 Å². The summed E-state index contributed by atoms with van der Waals surface area (Å²) in [6.45, 7) is 3.30. The highest BCUT2D eigenvalue weighted by Crippen LogP contribution is 2.42. The Hall–Kier alpha value is -3.36. The number of aliphatic imine (C=N–C) groups is 1. The minimum atomic E-state index is -3.57. The average Bonchev–Trinajstić information content (AvgIpc) is 3.01. The number of para-hydroxylation sites is 3. The fraction of sp³-hybridized carbons (Fsp3) is 0.240. The molecule has 3 aromatic carbocycles. The Bertz CT molecular complexity index is 1310. The normalized spacial score (nSPS) is 18.4. The molecule has 0 spiro atoms. The minimum Gasteiger partial charge on any atom is -0.493 e. The van der Waals surface area contributed by atoms with Crippen LogP contribution in [0.25, 0.3) is 0 Å². The molecule has 33 heavy (non-hydrogen) atoms. The molecule has 1 atom stereocenters. The van der Waals surface area contributed by atoms with Crippen molar-refractivity contribution in [1.82, 2.24) is 9.21 Å². The first-order chi connectivity index (χ1) is 16.0. The third-order valence-corrected chi connectivity index (χ3v) is 7.99. The van der Waals surface area contributed by atoms with Gasteiger partial charge in [0.2, 0.25) is 10.0 Å². The molecule has 0 aliphatic carbocycles. The maximum Gasteiger partial charge on any atom is 0.243 e. The van der Waals surface area contributed by atoms with Gasteiger partial charge < -0.3 is 14.4 Å². The van der Waals surface area contributed by atoms with E-state index in [4.69, 9.17) is 14.5 Å². The van der Waals surface area contributed by atoms with Crippen LogP contribution < -0.4 is 9.47 Å². The molecule has 0 saturated carbocycles. The molecular formula is C25H25N3O4S. The van der Waals surface area contributed by atoms with E-state index in [0.717, 1.165) is 17.1 Å². The molecule has 2 heterocycles. The fourth-order valence-corrected chi connectivity index (χ4v) is 5.97. The van der Waals surface area contributed by atoms with Crippen molar-refractivity contribution < 1.29 is 17.9 Å². The lowest BCUT2D eigenvalue weighted by Crippen LogP contribution is -2.55. The van der Waals surface area contributed by atoms with E-state index in [1.807, 2.05) is 55.5 Å². The van der Waals surface area contributed by atoms with Crippen molar-refractivity contribution in [3.8, 4) is 17.2 Å².